The van der Waals surface area contributed by atoms with Crippen molar-refractivity contribution in [2.75, 3.05) is 0 Å². The standard InChI is InChI=1S/C13H13ClO/c1-3-9-13(15,10-4-2)11-7-5-6-8-12(11)14/h3,5-8,10,15H,1-2,9H2. The summed E-state index contributed by atoms with van der Waals surface area (Å²) in [5, 5.41) is 10.9. The summed E-state index contributed by atoms with van der Waals surface area (Å²) in [4.78, 5) is 0. The maximum atomic E-state index is 10.3. The summed E-state index contributed by atoms with van der Waals surface area (Å²) in [5.74, 6) is 0. The van der Waals surface area contributed by atoms with Gasteiger partial charge in [0.15, 0.2) is 0 Å². The molecule has 0 bridgehead atoms. The molecule has 1 aromatic carbocycles. The van der Waals surface area contributed by atoms with Crippen molar-refractivity contribution in [2.24, 2.45) is 0 Å². The first-order valence-corrected chi connectivity index (χ1v) is 4.97. The highest BCUT2D eigenvalue weighted by molar-refractivity contribution is 6.31. The molecule has 1 atom stereocenters. The largest absolute Gasteiger partial charge is 0.380 e. The van der Waals surface area contributed by atoms with Gasteiger partial charge >= 0.3 is 0 Å². The summed E-state index contributed by atoms with van der Waals surface area (Å²) in [7, 11) is 0. The smallest absolute Gasteiger partial charge is 0.120 e. The maximum absolute atomic E-state index is 10.3. The van der Waals surface area contributed by atoms with Crippen molar-refractivity contribution in [1.82, 2.24) is 0 Å². The Morgan fingerprint density at radius 1 is 1.47 bits per heavy atom. The molecule has 1 rings (SSSR count). The molecule has 0 aliphatic heterocycles. The SMILES string of the molecule is C=C=CC(O)(CC=C)c1ccccc1Cl. The summed E-state index contributed by atoms with van der Waals surface area (Å²) in [6.07, 6.45) is 3.51. The number of halogens is 1. The Morgan fingerprint density at radius 3 is 2.67 bits per heavy atom. The van der Waals surface area contributed by atoms with Gasteiger partial charge in [-0.15, -0.1) is 12.3 Å². The molecule has 0 amide bonds. The number of aliphatic hydroxyl groups is 1. The number of benzene rings is 1. The predicted octanol–water partition coefficient (Wildman–Crippen LogP) is 3.44. The van der Waals surface area contributed by atoms with E-state index in [2.05, 4.69) is 18.9 Å². The van der Waals surface area contributed by atoms with Crippen LogP contribution in [0.15, 0.2) is 55.3 Å². The molecule has 1 aromatic rings. The molecule has 2 heteroatoms. The second-order valence-electron chi connectivity index (χ2n) is 3.25. The average Bonchev–Trinajstić information content (AvgIpc) is 2.19. The second kappa shape index (κ2) is 4.99. The van der Waals surface area contributed by atoms with Crippen LogP contribution in [-0.2, 0) is 5.60 Å². The summed E-state index contributed by atoms with van der Waals surface area (Å²) in [6, 6.07) is 7.16. The molecule has 0 spiro atoms. The van der Waals surface area contributed by atoms with Crippen LogP contribution in [0.1, 0.15) is 12.0 Å². The topological polar surface area (TPSA) is 20.2 Å². The molecule has 0 aliphatic carbocycles. The van der Waals surface area contributed by atoms with Crippen LogP contribution in [0.5, 0.6) is 0 Å². The first-order valence-electron chi connectivity index (χ1n) is 4.59. The van der Waals surface area contributed by atoms with Crippen LogP contribution in [0.3, 0.4) is 0 Å². The van der Waals surface area contributed by atoms with Gasteiger partial charge in [0.2, 0.25) is 0 Å². The fraction of sp³-hybridized carbons (Fsp3) is 0.154. The maximum Gasteiger partial charge on any atom is 0.120 e. The Balaban J connectivity index is 3.26. The Hall–Kier alpha value is -1.27. The molecule has 0 radical (unpaired) electrons. The Kier molecular flexibility index (Phi) is 3.93. The van der Waals surface area contributed by atoms with Gasteiger partial charge in [-0.1, -0.05) is 42.5 Å². The van der Waals surface area contributed by atoms with Crippen LogP contribution in [0.2, 0.25) is 5.02 Å². The van der Waals surface area contributed by atoms with E-state index in [4.69, 9.17) is 11.6 Å². The highest BCUT2D eigenvalue weighted by Gasteiger charge is 2.26. The summed E-state index contributed by atoms with van der Waals surface area (Å²) >= 11 is 6.02. The lowest BCUT2D eigenvalue weighted by Crippen LogP contribution is -2.22. The second-order valence-corrected chi connectivity index (χ2v) is 3.65. The van der Waals surface area contributed by atoms with Gasteiger partial charge in [0.1, 0.15) is 5.60 Å². The van der Waals surface area contributed by atoms with Crippen molar-refractivity contribution in [1.29, 1.82) is 0 Å². The lowest BCUT2D eigenvalue weighted by atomic mass is 9.90. The van der Waals surface area contributed by atoms with E-state index in [1.165, 1.54) is 6.08 Å². The zero-order chi connectivity index (χ0) is 11.3. The van der Waals surface area contributed by atoms with Gasteiger partial charge in [-0.2, -0.15) is 0 Å². The zero-order valence-electron chi connectivity index (χ0n) is 8.41. The molecule has 0 aromatic heterocycles. The molecule has 0 saturated heterocycles. The van der Waals surface area contributed by atoms with E-state index in [1.807, 2.05) is 12.1 Å². The average molecular weight is 221 g/mol. The molecule has 1 unspecified atom stereocenters. The summed E-state index contributed by atoms with van der Waals surface area (Å²) < 4.78 is 0. The third-order valence-corrected chi connectivity index (χ3v) is 2.47. The van der Waals surface area contributed by atoms with E-state index < -0.39 is 5.60 Å². The minimum Gasteiger partial charge on any atom is -0.380 e. The van der Waals surface area contributed by atoms with Gasteiger partial charge in [-0.3, -0.25) is 0 Å². The first kappa shape index (κ1) is 11.8. The molecule has 78 valence electrons. The van der Waals surface area contributed by atoms with Crippen molar-refractivity contribution in [3.8, 4) is 0 Å². The van der Waals surface area contributed by atoms with Crippen molar-refractivity contribution < 1.29 is 5.11 Å². The van der Waals surface area contributed by atoms with Crippen LogP contribution >= 0.6 is 11.6 Å². The third-order valence-electron chi connectivity index (χ3n) is 2.14. The molecule has 1 N–H and O–H groups in total. The van der Waals surface area contributed by atoms with E-state index in [0.29, 0.717) is 17.0 Å². The number of hydrogen-bond donors (Lipinski definition) is 1. The number of hydrogen-bond acceptors (Lipinski definition) is 1. The van der Waals surface area contributed by atoms with E-state index >= 15 is 0 Å². The van der Waals surface area contributed by atoms with Crippen LogP contribution in [-0.4, -0.2) is 5.11 Å². The van der Waals surface area contributed by atoms with E-state index in [-0.39, 0.29) is 0 Å². The van der Waals surface area contributed by atoms with Gasteiger partial charge in [0.25, 0.3) is 0 Å². The Labute approximate surface area is 95.0 Å². The van der Waals surface area contributed by atoms with Gasteiger partial charge in [-0.05, 0) is 12.1 Å². The van der Waals surface area contributed by atoms with Crippen LogP contribution in [0.4, 0.5) is 0 Å². The monoisotopic (exact) mass is 220 g/mol. The molecule has 15 heavy (non-hydrogen) atoms. The number of rotatable bonds is 4. The Bertz CT molecular complexity index is 405. The molecular formula is C13H13ClO. The molecule has 0 saturated carbocycles. The molecule has 0 aliphatic rings. The molecule has 1 nitrogen and oxygen atoms in total. The lowest BCUT2D eigenvalue weighted by Gasteiger charge is -2.23. The van der Waals surface area contributed by atoms with E-state index in [1.54, 1.807) is 18.2 Å². The molecular weight excluding hydrogens is 208 g/mol. The van der Waals surface area contributed by atoms with Crippen LogP contribution in [0.25, 0.3) is 0 Å². The highest BCUT2D eigenvalue weighted by atomic mass is 35.5. The zero-order valence-corrected chi connectivity index (χ0v) is 9.17. The third kappa shape index (κ3) is 2.60. The van der Waals surface area contributed by atoms with Gasteiger partial charge < -0.3 is 5.11 Å². The van der Waals surface area contributed by atoms with E-state index in [0.717, 1.165) is 0 Å². The van der Waals surface area contributed by atoms with Gasteiger partial charge in [-0.25, -0.2) is 0 Å². The minimum atomic E-state index is -1.16. The van der Waals surface area contributed by atoms with Crippen molar-refractivity contribution in [3.63, 3.8) is 0 Å². The predicted molar refractivity (Wildman–Crippen MR) is 63.9 cm³/mol. The molecule has 0 heterocycles. The van der Waals surface area contributed by atoms with Crippen molar-refractivity contribution in [2.45, 2.75) is 12.0 Å². The van der Waals surface area contributed by atoms with Gasteiger partial charge in [0.05, 0.1) is 0 Å². The Morgan fingerprint density at radius 2 is 2.13 bits per heavy atom. The minimum absolute atomic E-state index is 0.374. The molecule has 0 fully saturated rings. The van der Waals surface area contributed by atoms with E-state index in [9.17, 15) is 5.11 Å². The lowest BCUT2D eigenvalue weighted by molar-refractivity contribution is 0.0933. The fourth-order valence-corrected chi connectivity index (χ4v) is 1.75. The van der Waals surface area contributed by atoms with Crippen molar-refractivity contribution >= 4 is 11.6 Å². The first-order chi connectivity index (χ1) is 7.14. The fourth-order valence-electron chi connectivity index (χ4n) is 1.45. The quantitative estimate of drug-likeness (QED) is 0.609. The van der Waals surface area contributed by atoms with Crippen LogP contribution < -0.4 is 0 Å². The van der Waals surface area contributed by atoms with Crippen molar-refractivity contribution in [3.05, 3.63) is 65.9 Å². The van der Waals surface area contributed by atoms with Gasteiger partial charge in [0, 0.05) is 17.0 Å². The highest BCUT2D eigenvalue weighted by Crippen LogP contribution is 2.32. The summed E-state index contributed by atoms with van der Waals surface area (Å²) in [6.45, 7) is 7.08. The van der Waals surface area contributed by atoms with Crippen LogP contribution in [0, 0.1) is 0 Å². The normalized spacial score (nSPS) is 13.7. The summed E-state index contributed by atoms with van der Waals surface area (Å²) in [5.41, 5.74) is 2.06.